The highest BCUT2D eigenvalue weighted by molar-refractivity contribution is 5.18. The predicted octanol–water partition coefficient (Wildman–Crippen LogP) is 0.930. The Kier molecular flexibility index (Phi) is 2.96. The summed E-state index contributed by atoms with van der Waals surface area (Å²) in [6.07, 6.45) is 1.76. The van der Waals surface area contributed by atoms with E-state index in [1.807, 2.05) is 13.8 Å². The van der Waals surface area contributed by atoms with E-state index >= 15 is 0 Å². The Balaban J connectivity index is 4.03. The van der Waals surface area contributed by atoms with Crippen LogP contribution in [0.4, 0.5) is 0 Å². The summed E-state index contributed by atoms with van der Waals surface area (Å²) in [5, 5.41) is 0. The molecule has 0 aromatic carbocycles. The number of nitrogens with two attached hydrogens (primary N) is 1. The lowest BCUT2D eigenvalue weighted by molar-refractivity contribution is 0.873. The molecule has 0 amide bonds. The van der Waals surface area contributed by atoms with Crippen molar-refractivity contribution in [3.8, 4) is 0 Å². The second-order valence-electron chi connectivity index (χ2n) is 1.66. The fraction of sp³-hybridized carbons (Fsp3) is 0.333. The average molecular weight is 112 g/mol. The van der Waals surface area contributed by atoms with Crippen molar-refractivity contribution in [3.63, 3.8) is 0 Å². The fourth-order valence-electron chi connectivity index (χ4n) is 0.267. The quantitative estimate of drug-likeness (QED) is 0.317. The molecule has 0 rings (SSSR count). The minimum atomic E-state index is 0.958. The zero-order valence-electron chi connectivity index (χ0n) is 5.36. The van der Waals surface area contributed by atoms with E-state index in [0.29, 0.717) is 0 Å². The summed E-state index contributed by atoms with van der Waals surface area (Å²) in [6.45, 7) is 7.42. The van der Waals surface area contributed by atoms with Crippen molar-refractivity contribution < 1.29 is 0 Å². The van der Waals surface area contributed by atoms with Gasteiger partial charge in [-0.2, -0.15) is 0 Å². The third kappa shape index (κ3) is 1.80. The Morgan fingerprint density at radius 1 is 1.62 bits per heavy atom. The van der Waals surface area contributed by atoms with Crippen molar-refractivity contribution in [1.82, 2.24) is 5.43 Å². The first-order valence-corrected chi connectivity index (χ1v) is 2.49. The van der Waals surface area contributed by atoms with Gasteiger partial charge in [-0.3, -0.25) is 5.84 Å². The molecule has 0 atom stereocenters. The van der Waals surface area contributed by atoms with Crippen LogP contribution < -0.4 is 11.3 Å². The van der Waals surface area contributed by atoms with Gasteiger partial charge in [-0.1, -0.05) is 12.7 Å². The normalized spacial score (nSPS) is 12.4. The maximum absolute atomic E-state index is 5.09. The van der Waals surface area contributed by atoms with Crippen LogP contribution in [-0.4, -0.2) is 0 Å². The van der Waals surface area contributed by atoms with Gasteiger partial charge in [0.2, 0.25) is 0 Å². The molecule has 0 bridgehead atoms. The molecule has 0 spiro atoms. The lowest BCUT2D eigenvalue weighted by Gasteiger charge is -1.99. The van der Waals surface area contributed by atoms with Crippen LogP contribution >= 0.6 is 0 Å². The second-order valence-corrected chi connectivity index (χ2v) is 1.66. The molecule has 0 aliphatic heterocycles. The third-order valence-corrected chi connectivity index (χ3v) is 1.11. The van der Waals surface area contributed by atoms with Gasteiger partial charge in [0.1, 0.15) is 0 Å². The van der Waals surface area contributed by atoms with E-state index in [1.54, 1.807) is 6.08 Å². The van der Waals surface area contributed by atoms with Crippen LogP contribution in [0.1, 0.15) is 13.8 Å². The van der Waals surface area contributed by atoms with Crippen LogP contribution in [0.15, 0.2) is 23.9 Å². The minimum absolute atomic E-state index is 0.958. The Hall–Kier alpha value is -0.760. The van der Waals surface area contributed by atoms with Crippen LogP contribution in [-0.2, 0) is 0 Å². The molecular formula is C6H12N2. The third-order valence-electron chi connectivity index (χ3n) is 1.11. The van der Waals surface area contributed by atoms with Crippen molar-refractivity contribution in [2.75, 3.05) is 0 Å². The van der Waals surface area contributed by atoms with Crippen LogP contribution in [0.25, 0.3) is 0 Å². The largest absolute Gasteiger partial charge is 0.328 e. The lowest BCUT2D eigenvalue weighted by Crippen LogP contribution is -2.19. The van der Waals surface area contributed by atoms with Crippen molar-refractivity contribution in [1.29, 1.82) is 0 Å². The van der Waals surface area contributed by atoms with Crippen LogP contribution in [0.3, 0.4) is 0 Å². The van der Waals surface area contributed by atoms with Crippen LogP contribution in [0, 0.1) is 0 Å². The van der Waals surface area contributed by atoms with Gasteiger partial charge >= 0.3 is 0 Å². The van der Waals surface area contributed by atoms with Crippen molar-refractivity contribution >= 4 is 0 Å². The Morgan fingerprint density at radius 3 is 2.25 bits per heavy atom. The molecule has 0 aliphatic carbocycles. The number of hydrogen-bond acceptors (Lipinski definition) is 2. The first kappa shape index (κ1) is 7.24. The Bertz CT molecular complexity index is 114. The van der Waals surface area contributed by atoms with Crippen LogP contribution in [0.2, 0.25) is 0 Å². The van der Waals surface area contributed by atoms with Gasteiger partial charge in [0, 0.05) is 5.70 Å². The molecule has 0 aliphatic rings. The van der Waals surface area contributed by atoms with Gasteiger partial charge in [0.05, 0.1) is 0 Å². The molecule has 2 nitrogen and oxygen atoms in total. The highest BCUT2D eigenvalue weighted by Crippen LogP contribution is 1.97. The lowest BCUT2D eigenvalue weighted by atomic mass is 10.2. The first-order chi connectivity index (χ1) is 3.72. The summed E-state index contributed by atoms with van der Waals surface area (Å²) < 4.78 is 0. The molecule has 46 valence electrons. The summed E-state index contributed by atoms with van der Waals surface area (Å²) in [5.41, 5.74) is 4.56. The maximum Gasteiger partial charge on any atom is 0.0257 e. The maximum atomic E-state index is 5.09. The molecule has 0 saturated heterocycles. The molecule has 0 fully saturated rings. The number of rotatable bonds is 2. The Morgan fingerprint density at radius 2 is 2.12 bits per heavy atom. The van der Waals surface area contributed by atoms with E-state index in [-0.39, 0.29) is 0 Å². The van der Waals surface area contributed by atoms with Gasteiger partial charge in [0.15, 0.2) is 0 Å². The van der Waals surface area contributed by atoms with Crippen LogP contribution in [0.5, 0.6) is 0 Å². The van der Waals surface area contributed by atoms with Crippen molar-refractivity contribution in [2.45, 2.75) is 13.8 Å². The van der Waals surface area contributed by atoms with Gasteiger partial charge in [-0.25, -0.2) is 0 Å². The molecular weight excluding hydrogens is 100 g/mol. The zero-order chi connectivity index (χ0) is 6.57. The second kappa shape index (κ2) is 3.27. The standard InChI is InChI=1S/C6H12N2/c1-4-5(2)6(3)8-7/h4,8H,1,7H2,2-3H3. The van der Waals surface area contributed by atoms with E-state index in [4.69, 9.17) is 5.84 Å². The number of hydrazine groups is 1. The monoisotopic (exact) mass is 112 g/mol. The first-order valence-electron chi connectivity index (χ1n) is 2.49. The number of allylic oxidation sites excluding steroid dienone is 3. The summed E-state index contributed by atoms with van der Waals surface area (Å²) in [7, 11) is 0. The number of nitrogens with one attached hydrogen (secondary N) is 1. The smallest absolute Gasteiger partial charge is 0.0257 e. The van der Waals surface area contributed by atoms with Gasteiger partial charge in [-0.15, -0.1) is 0 Å². The summed E-state index contributed by atoms with van der Waals surface area (Å²) in [6, 6.07) is 0. The summed E-state index contributed by atoms with van der Waals surface area (Å²) in [4.78, 5) is 0. The molecule has 0 aromatic heterocycles. The summed E-state index contributed by atoms with van der Waals surface area (Å²) >= 11 is 0. The van der Waals surface area contributed by atoms with E-state index in [2.05, 4.69) is 12.0 Å². The summed E-state index contributed by atoms with van der Waals surface area (Å²) in [5.74, 6) is 5.09. The minimum Gasteiger partial charge on any atom is -0.328 e. The van der Waals surface area contributed by atoms with Crippen molar-refractivity contribution in [2.24, 2.45) is 5.84 Å². The van der Waals surface area contributed by atoms with E-state index in [9.17, 15) is 0 Å². The Labute approximate surface area is 50.0 Å². The van der Waals surface area contributed by atoms with Gasteiger partial charge in [-0.05, 0) is 19.4 Å². The number of hydrogen-bond donors (Lipinski definition) is 2. The molecule has 3 N–H and O–H groups in total. The molecule has 0 saturated carbocycles. The highest BCUT2D eigenvalue weighted by atomic mass is 15.2. The predicted molar refractivity (Wildman–Crippen MR) is 35.9 cm³/mol. The molecule has 0 unspecified atom stereocenters. The highest BCUT2D eigenvalue weighted by Gasteiger charge is 1.84. The van der Waals surface area contributed by atoms with E-state index in [1.165, 1.54) is 0 Å². The zero-order valence-corrected chi connectivity index (χ0v) is 5.36. The molecule has 2 heteroatoms. The van der Waals surface area contributed by atoms with E-state index in [0.717, 1.165) is 11.3 Å². The SMILES string of the molecule is C=CC(C)=C(C)NN. The van der Waals surface area contributed by atoms with Crippen molar-refractivity contribution in [3.05, 3.63) is 23.9 Å². The molecule has 0 heterocycles. The average Bonchev–Trinajstić information content (AvgIpc) is 1.84. The van der Waals surface area contributed by atoms with Gasteiger partial charge in [0.25, 0.3) is 0 Å². The topological polar surface area (TPSA) is 38.0 Å². The van der Waals surface area contributed by atoms with E-state index < -0.39 is 0 Å². The van der Waals surface area contributed by atoms with Gasteiger partial charge < -0.3 is 5.43 Å². The molecule has 0 radical (unpaired) electrons. The molecule has 0 aromatic rings. The molecule has 8 heavy (non-hydrogen) atoms. The fourth-order valence-corrected chi connectivity index (χ4v) is 0.267.